The van der Waals surface area contributed by atoms with Crippen molar-refractivity contribution in [2.75, 3.05) is 27.2 Å². The van der Waals surface area contributed by atoms with E-state index in [0.717, 1.165) is 43.6 Å². The first-order chi connectivity index (χ1) is 14.5. The number of likely N-dealkylation sites (tertiary alicyclic amines) is 1. The summed E-state index contributed by atoms with van der Waals surface area (Å²) in [5.41, 5.74) is 1.16. The lowest BCUT2D eigenvalue weighted by atomic mass is 10.0. The molecule has 1 aliphatic rings. The van der Waals surface area contributed by atoms with Gasteiger partial charge in [-0.2, -0.15) is 0 Å². The van der Waals surface area contributed by atoms with E-state index in [2.05, 4.69) is 20.5 Å². The number of hydrogen-bond acceptors (Lipinski definition) is 3. The average molecular weight is 548 g/mol. The third kappa shape index (κ3) is 7.27. The summed E-state index contributed by atoms with van der Waals surface area (Å²) in [6.45, 7) is 2.55. The quantitative estimate of drug-likeness (QED) is 0.325. The number of methoxy groups -OCH3 is 1. The summed E-state index contributed by atoms with van der Waals surface area (Å²) >= 11 is 0. The van der Waals surface area contributed by atoms with Gasteiger partial charge in [-0.05, 0) is 48.7 Å². The van der Waals surface area contributed by atoms with Gasteiger partial charge in [-0.25, -0.2) is 13.2 Å². The van der Waals surface area contributed by atoms with Crippen LogP contribution in [0, 0.1) is 17.5 Å². The van der Waals surface area contributed by atoms with Gasteiger partial charge in [0.15, 0.2) is 17.5 Å². The van der Waals surface area contributed by atoms with Gasteiger partial charge in [0, 0.05) is 44.8 Å². The highest BCUT2D eigenvalue weighted by molar-refractivity contribution is 14.0. The molecule has 1 fully saturated rings. The van der Waals surface area contributed by atoms with Gasteiger partial charge in [0.1, 0.15) is 11.6 Å². The Kier molecular flexibility index (Phi) is 9.89. The first kappa shape index (κ1) is 25.3. The molecule has 0 radical (unpaired) electrons. The van der Waals surface area contributed by atoms with E-state index in [-0.39, 0.29) is 53.7 Å². The molecule has 0 amide bonds. The van der Waals surface area contributed by atoms with Gasteiger partial charge in [-0.15, -0.1) is 24.0 Å². The summed E-state index contributed by atoms with van der Waals surface area (Å²) in [5, 5.41) is 6.37. The van der Waals surface area contributed by atoms with E-state index in [0.29, 0.717) is 12.5 Å². The van der Waals surface area contributed by atoms with Crippen LogP contribution in [0.1, 0.15) is 24.0 Å². The van der Waals surface area contributed by atoms with Crippen LogP contribution in [-0.2, 0) is 13.1 Å². The molecule has 0 aromatic heterocycles. The molecular weight excluding hydrogens is 520 g/mol. The molecule has 2 N–H and O–H groups in total. The lowest BCUT2D eigenvalue weighted by molar-refractivity contribution is 0.198. The monoisotopic (exact) mass is 548 g/mol. The Labute approximate surface area is 198 Å². The van der Waals surface area contributed by atoms with Gasteiger partial charge in [-0.3, -0.25) is 9.89 Å². The first-order valence-corrected chi connectivity index (χ1v) is 9.94. The van der Waals surface area contributed by atoms with Gasteiger partial charge in [0.2, 0.25) is 0 Å². The van der Waals surface area contributed by atoms with Gasteiger partial charge in [0.25, 0.3) is 0 Å². The zero-order chi connectivity index (χ0) is 21.5. The Bertz CT molecular complexity index is 889. The van der Waals surface area contributed by atoms with E-state index in [1.165, 1.54) is 19.2 Å². The van der Waals surface area contributed by atoms with Crippen LogP contribution in [0.15, 0.2) is 41.4 Å². The first-order valence-electron chi connectivity index (χ1n) is 9.94. The van der Waals surface area contributed by atoms with Crippen LogP contribution < -0.4 is 15.4 Å². The summed E-state index contributed by atoms with van der Waals surface area (Å²) < 4.78 is 45.9. The number of hydrogen-bond donors (Lipinski definition) is 2. The van der Waals surface area contributed by atoms with Gasteiger partial charge < -0.3 is 15.4 Å². The maximum atomic E-state index is 13.9. The van der Waals surface area contributed by atoms with Crippen molar-refractivity contribution in [1.82, 2.24) is 15.5 Å². The Balaban J connectivity index is 0.00000341. The highest BCUT2D eigenvalue weighted by Crippen LogP contribution is 2.20. The van der Waals surface area contributed by atoms with Crippen molar-refractivity contribution in [3.63, 3.8) is 0 Å². The van der Waals surface area contributed by atoms with E-state index in [1.54, 1.807) is 13.1 Å². The largest absolute Gasteiger partial charge is 0.494 e. The minimum Gasteiger partial charge on any atom is -0.494 e. The molecule has 2 aromatic rings. The minimum absolute atomic E-state index is 0. The Morgan fingerprint density at radius 1 is 1.10 bits per heavy atom. The second kappa shape index (κ2) is 12.1. The van der Waals surface area contributed by atoms with E-state index in [4.69, 9.17) is 4.74 Å². The Morgan fingerprint density at radius 2 is 1.84 bits per heavy atom. The number of nitrogens with zero attached hydrogens (tertiary/aromatic N) is 2. The normalized spacial score (nSPS) is 15.3. The third-order valence-electron chi connectivity index (χ3n) is 5.23. The van der Waals surface area contributed by atoms with E-state index < -0.39 is 11.6 Å². The standard InChI is InChI=1S/C22H27F3N4O.HI/c1-26-22(27-13-16-12-17(23)4-5-19(16)24)28-18-7-9-29(10-8-18)14-15-3-6-21(30-2)20(25)11-15;/h3-6,11-12,18H,7-10,13-14H2,1-2H3,(H2,26,27,28);1H. The third-order valence-corrected chi connectivity index (χ3v) is 5.23. The van der Waals surface area contributed by atoms with Crippen molar-refractivity contribution >= 4 is 29.9 Å². The maximum absolute atomic E-state index is 13.9. The van der Waals surface area contributed by atoms with Crippen LogP contribution in [0.2, 0.25) is 0 Å². The molecule has 0 spiro atoms. The molecule has 2 aromatic carbocycles. The summed E-state index contributed by atoms with van der Waals surface area (Å²) in [5.74, 6) is -0.480. The highest BCUT2D eigenvalue weighted by atomic mass is 127. The predicted molar refractivity (Wildman–Crippen MR) is 126 cm³/mol. The van der Waals surface area contributed by atoms with Crippen molar-refractivity contribution in [2.24, 2.45) is 4.99 Å². The van der Waals surface area contributed by atoms with Gasteiger partial charge in [-0.1, -0.05) is 6.07 Å². The van der Waals surface area contributed by atoms with Gasteiger partial charge in [0.05, 0.1) is 7.11 Å². The zero-order valence-corrected chi connectivity index (χ0v) is 20.0. The zero-order valence-electron chi connectivity index (χ0n) is 17.6. The molecule has 0 unspecified atom stereocenters. The molecule has 31 heavy (non-hydrogen) atoms. The van der Waals surface area contributed by atoms with E-state index in [9.17, 15) is 13.2 Å². The van der Waals surface area contributed by atoms with Crippen molar-refractivity contribution in [2.45, 2.75) is 32.0 Å². The number of ether oxygens (including phenoxy) is 1. The van der Waals surface area contributed by atoms with Crippen LogP contribution in [-0.4, -0.2) is 44.1 Å². The predicted octanol–water partition coefficient (Wildman–Crippen LogP) is 4.06. The molecular formula is C22H28F3IN4O. The summed E-state index contributed by atoms with van der Waals surface area (Å²) in [6, 6.07) is 8.65. The number of halogens is 4. The molecule has 3 rings (SSSR count). The lowest BCUT2D eigenvalue weighted by Gasteiger charge is -2.33. The number of rotatable bonds is 6. The number of aliphatic imine (C=N–C) groups is 1. The minimum atomic E-state index is -0.472. The molecule has 0 bridgehead atoms. The summed E-state index contributed by atoms with van der Waals surface area (Å²) in [7, 11) is 3.10. The SMILES string of the molecule is CN=C(NCc1cc(F)ccc1F)NC1CCN(Cc2ccc(OC)c(F)c2)CC1.I. The van der Waals surface area contributed by atoms with E-state index >= 15 is 0 Å². The maximum Gasteiger partial charge on any atom is 0.191 e. The van der Waals surface area contributed by atoms with Crippen LogP contribution >= 0.6 is 24.0 Å². The number of benzene rings is 2. The van der Waals surface area contributed by atoms with Gasteiger partial charge >= 0.3 is 0 Å². The highest BCUT2D eigenvalue weighted by Gasteiger charge is 2.20. The van der Waals surface area contributed by atoms with Crippen LogP contribution in [0.25, 0.3) is 0 Å². The van der Waals surface area contributed by atoms with Crippen molar-refractivity contribution in [3.05, 3.63) is 65.0 Å². The van der Waals surface area contributed by atoms with Crippen molar-refractivity contribution < 1.29 is 17.9 Å². The molecule has 0 saturated carbocycles. The van der Waals surface area contributed by atoms with Crippen LogP contribution in [0.5, 0.6) is 5.75 Å². The molecule has 9 heteroatoms. The molecule has 1 saturated heterocycles. The second-order valence-electron chi connectivity index (χ2n) is 7.33. The molecule has 170 valence electrons. The van der Waals surface area contributed by atoms with Crippen LogP contribution in [0.3, 0.4) is 0 Å². The number of piperidine rings is 1. The van der Waals surface area contributed by atoms with Crippen molar-refractivity contribution in [3.8, 4) is 5.75 Å². The number of nitrogens with one attached hydrogen (secondary N) is 2. The summed E-state index contributed by atoms with van der Waals surface area (Å²) in [4.78, 5) is 6.45. The fourth-order valence-corrected chi connectivity index (χ4v) is 3.55. The fourth-order valence-electron chi connectivity index (χ4n) is 3.55. The van der Waals surface area contributed by atoms with E-state index in [1.807, 2.05) is 6.07 Å². The van der Waals surface area contributed by atoms with Crippen LogP contribution in [0.4, 0.5) is 13.2 Å². The smallest absolute Gasteiger partial charge is 0.191 e. The lowest BCUT2D eigenvalue weighted by Crippen LogP contribution is -2.48. The molecule has 1 aliphatic heterocycles. The molecule has 0 aliphatic carbocycles. The summed E-state index contributed by atoms with van der Waals surface area (Å²) in [6.07, 6.45) is 1.79. The fraction of sp³-hybridized carbons (Fsp3) is 0.409. The topological polar surface area (TPSA) is 48.9 Å². The van der Waals surface area contributed by atoms with Crippen molar-refractivity contribution in [1.29, 1.82) is 0 Å². The second-order valence-corrected chi connectivity index (χ2v) is 7.33. The number of guanidine groups is 1. The Morgan fingerprint density at radius 3 is 2.48 bits per heavy atom. The molecule has 0 atom stereocenters. The average Bonchev–Trinajstić information content (AvgIpc) is 2.74. The molecule has 1 heterocycles. The molecule has 5 nitrogen and oxygen atoms in total. The Hall–Kier alpha value is -2.01.